The van der Waals surface area contributed by atoms with Crippen LogP contribution in [-0.4, -0.2) is 103 Å². The maximum atomic E-state index is 15.8. The smallest absolute Gasteiger partial charge is 0.395 e. The van der Waals surface area contributed by atoms with E-state index < -0.39 is 35.0 Å². The minimum atomic E-state index is -3.79. The van der Waals surface area contributed by atoms with Crippen LogP contribution in [0.25, 0.3) is 22.1 Å². The SMILES string of the molecule is CCCSc1nc(NCCOCCNC[C@H](O)Cn2c(C(C)(C)CO)cc3cc(NC(=O)C4(c5ccc6c(c5)OC(F)(F)O6)CC4)c(F)cc32)c2nnn(Cc3ccc(Cl)cc3)c2n1. The first-order chi connectivity index (χ1) is 30.7. The zero-order valence-corrected chi connectivity index (χ0v) is 37.0. The van der Waals surface area contributed by atoms with E-state index in [1.807, 2.05) is 44.2 Å². The van der Waals surface area contributed by atoms with Crippen LogP contribution in [0, 0.1) is 5.82 Å². The Kier molecular flexibility index (Phi) is 13.3. The first kappa shape index (κ1) is 45.4. The molecule has 0 bridgehead atoms. The number of halogens is 4. The highest BCUT2D eigenvalue weighted by Gasteiger charge is 2.53. The molecule has 20 heteroatoms. The van der Waals surface area contributed by atoms with Gasteiger partial charge in [0.25, 0.3) is 0 Å². The van der Waals surface area contributed by atoms with E-state index in [9.17, 15) is 23.8 Å². The molecule has 0 radical (unpaired) electrons. The van der Waals surface area contributed by atoms with Crippen molar-refractivity contribution >= 4 is 62.8 Å². The molecule has 5 N–H and O–H groups in total. The van der Waals surface area contributed by atoms with E-state index in [-0.39, 0.29) is 36.9 Å². The van der Waals surface area contributed by atoms with Crippen molar-refractivity contribution in [3.8, 4) is 11.5 Å². The predicted octanol–water partition coefficient (Wildman–Crippen LogP) is 6.86. The number of nitrogens with zero attached hydrogens (tertiary/aromatic N) is 6. The van der Waals surface area contributed by atoms with E-state index in [0.717, 1.165) is 17.7 Å². The van der Waals surface area contributed by atoms with Gasteiger partial charge in [-0.05, 0) is 66.8 Å². The highest BCUT2D eigenvalue weighted by atomic mass is 35.5. The van der Waals surface area contributed by atoms with Crippen molar-refractivity contribution in [3.05, 3.63) is 88.3 Å². The number of nitrogens with one attached hydrogen (secondary N) is 3. The number of ether oxygens (including phenoxy) is 3. The molecule has 4 heterocycles. The third kappa shape index (κ3) is 9.89. The Hall–Kier alpha value is -5.18. The van der Waals surface area contributed by atoms with Gasteiger partial charge in [-0.1, -0.05) is 67.5 Å². The van der Waals surface area contributed by atoms with Gasteiger partial charge >= 0.3 is 6.29 Å². The van der Waals surface area contributed by atoms with Crippen LogP contribution < -0.4 is 25.4 Å². The van der Waals surface area contributed by atoms with Crippen LogP contribution in [0.2, 0.25) is 5.02 Å². The zero-order valence-electron chi connectivity index (χ0n) is 35.5. The minimum Gasteiger partial charge on any atom is -0.395 e. The van der Waals surface area contributed by atoms with Crippen molar-refractivity contribution in [2.75, 3.05) is 55.8 Å². The summed E-state index contributed by atoms with van der Waals surface area (Å²) in [4.78, 5) is 23.1. The van der Waals surface area contributed by atoms with Gasteiger partial charge in [-0.15, -0.1) is 13.9 Å². The fourth-order valence-electron chi connectivity index (χ4n) is 7.60. The van der Waals surface area contributed by atoms with Crippen LogP contribution >= 0.6 is 23.4 Å². The molecule has 64 heavy (non-hydrogen) atoms. The van der Waals surface area contributed by atoms with Crippen LogP contribution in [0.1, 0.15) is 56.9 Å². The number of amides is 1. The van der Waals surface area contributed by atoms with E-state index in [1.54, 1.807) is 21.0 Å². The van der Waals surface area contributed by atoms with Gasteiger partial charge in [-0.3, -0.25) is 4.79 Å². The second-order valence-corrected chi connectivity index (χ2v) is 18.1. The number of alkyl halides is 2. The molecule has 1 saturated carbocycles. The number of benzene rings is 3. The lowest BCUT2D eigenvalue weighted by Gasteiger charge is -2.26. The molecule has 15 nitrogen and oxygen atoms in total. The summed E-state index contributed by atoms with van der Waals surface area (Å²) in [6.07, 6.45) is -2.85. The van der Waals surface area contributed by atoms with Crippen molar-refractivity contribution < 1.29 is 42.4 Å². The first-order valence-corrected chi connectivity index (χ1v) is 22.4. The summed E-state index contributed by atoms with van der Waals surface area (Å²) in [5.74, 6) is -0.0488. The third-order valence-corrected chi connectivity index (χ3v) is 12.5. The number of rotatable bonds is 21. The second kappa shape index (κ2) is 18.7. The molecule has 3 aromatic heterocycles. The quantitative estimate of drug-likeness (QED) is 0.0287. The van der Waals surface area contributed by atoms with Crippen molar-refractivity contribution in [1.82, 2.24) is 34.8 Å². The number of thioether (sulfide) groups is 1. The summed E-state index contributed by atoms with van der Waals surface area (Å²) in [5.41, 5.74) is 1.92. The van der Waals surface area contributed by atoms with Gasteiger partial charge in [-0.2, -0.15) is 0 Å². The maximum Gasteiger partial charge on any atom is 0.586 e. The molecule has 1 amide bonds. The molecule has 1 fully saturated rings. The standard InChI is InChI=1S/C44H49ClF3N9O6S/c1-4-17-64-41-52-38(37-39(53-41)57(55-54-37)23-26-5-8-29(45)9-6-26)50-14-16-61-15-13-49-22-30(59)24-56-33-21-31(46)32(18-27(33)19-36(56)42(2,3)25-58)51-40(60)43(11-12-43)28-7-10-34-35(20-28)63-44(47,48)62-34/h5-10,18-21,30,49,58-59H,4,11-17,22-25H2,1-3H3,(H,51,60)(H,50,52,53)/t30-/m0/s1. The Morgan fingerprint density at radius 2 is 1.81 bits per heavy atom. The van der Waals surface area contributed by atoms with Gasteiger partial charge in [0.1, 0.15) is 5.82 Å². The topological polar surface area (TPSA) is 183 Å². The lowest BCUT2D eigenvalue weighted by atomic mass is 9.90. The van der Waals surface area contributed by atoms with E-state index in [1.165, 1.54) is 30.3 Å². The first-order valence-electron chi connectivity index (χ1n) is 21.0. The fourth-order valence-corrected chi connectivity index (χ4v) is 8.42. The minimum absolute atomic E-state index is 0.0574. The molecule has 340 valence electrons. The number of carbonyl (C=O) groups excluding carboxylic acids is 1. The zero-order chi connectivity index (χ0) is 45.2. The Balaban J connectivity index is 0.848. The van der Waals surface area contributed by atoms with E-state index >= 15 is 4.39 Å². The van der Waals surface area contributed by atoms with E-state index in [0.29, 0.717) is 95.0 Å². The number of fused-ring (bicyclic) bond motifs is 3. The monoisotopic (exact) mass is 923 g/mol. The molecule has 1 atom stereocenters. The largest absolute Gasteiger partial charge is 0.586 e. The number of carbonyl (C=O) groups is 1. The lowest BCUT2D eigenvalue weighted by molar-refractivity contribution is -0.286. The molecule has 0 spiro atoms. The van der Waals surface area contributed by atoms with Gasteiger partial charge in [-0.25, -0.2) is 19.0 Å². The fraction of sp³-hybridized carbons (Fsp3) is 0.432. The lowest BCUT2D eigenvalue weighted by Crippen LogP contribution is -2.34. The Morgan fingerprint density at radius 1 is 1.05 bits per heavy atom. The number of aliphatic hydroxyl groups is 2. The van der Waals surface area contributed by atoms with Gasteiger partial charge in [0, 0.05) is 53.0 Å². The number of aromatic nitrogens is 6. The maximum absolute atomic E-state index is 15.8. The van der Waals surface area contributed by atoms with Crippen LogP contribution in [0.15, 0.2) is 65.8 Å². The Morgan fingerprint density at radius 3 is 2.56 bits per heavy atom. The normalized spacial score (nSPS) is 15.5. The summed E-state index contributed by atoms with van der Waals surface area (Å²) >= 11 is 7.63. The highest BCUT2D eigenvalue weighted by Crippen LogP contribution is 2.52. The molecular weight excluding hydrogens is 875 g/mol. The Bertz CT molecular complexity index is 2640. The average Bonchev–Trinajstić information content (AvgIpc) is 3.74. The summed E-state index contributed by atoms with van der Waals surface area (Å²) in [5, 5.41) is 41.3. The predicted molar refractivity (Wildman–Crippen MR) is 237 cm³/mol. The van der Waals surface area contributed by atoms with Crippen LogP contribution in [-0.2, 0) is 33.5 Å². The van der Waals surface area contributed by atoms with Crippen molar-refractivity contribution in [2.45, 2.75) is 81.5 Å². The van der Waals surface area contributed by atoms with Gasteiger partial charge in [0.2, 0.25) is 5.91 Å². The molecule has 1 aliphatic heterocycles. The number of hydrogen-bond donors (Lipinski definition) is 5. The van der Waals surface area contributed by atoms with Gasteiger partial charge in [0.05, 0.1) is 55.6 Å². The second-order valence-electron chi connectivity index (χ2n) is 16.6. The molecule has 0 unspecified atom stereocenters. The van der Waals surface area contributed by atoms with Gasteiger partial charge < -0.3 is 44.9 Å². The van der Waals surface area contributed by atoms with Crippen molar-refractivity contribution in [2.24, 2.45) is 0 Å². The summed E-state index contributed by atoms with van der Waals surface area (Å²) in [6, 6.07) is 16.4. The molecule has 1 aliphatic carbocycles. The van der Waals surface area contributed by atoms with Crippen molar-refractivity contribution in [1.29, 1.82) is 0 Å². The number of anilines is 2. The van der Waals surface area contributed by atoms with Crippen molar-refractivity contribution in [3.63, 3.8) is 0 Å². The molecule has 2 aliphatic rings. The highest BCUT2D eigenvalue weighted by molar-refractivity contribution is 7.99. The Labute approximate surface area is 376 Å². The molecular formula is C44H49ClF3N9O6S. The number of aliphatic hydroxyl groups excluding tert-OH is 2. The molecule has 8 rings (SSSR count). The average molecular weight is 924 g/mol. The molecule has 3 aromatic carbocycles. The number of hydrogen-bond acceptors (Lipinski definition) is 13. The summed E-state index contributed by atoms with van der Waals surface area (Å²) in [6.45, 7) is 7.98. The van der Waals surface area contributed by atoms with E-state index in [4.69, 9.17) is 26.3 Å². The van der Waals surface area contributed by atoms with Gasteiger partial charge in [0.15, 0.2) is 33.6 Å². The summed E-state index contributed by atoms with van der Waals surface area (Å²) in [7, 11) is 0. The van der Waals surface area contributed by atoms with E-state index in [2.05, 4.69) is 42.7 Å². The molecule has 6 aromatic rings. The van der Waals surface area contributed by atoms with Crippen LogP contribution in [0.3, 0.4) is 0 Å². The molecule has 0 saturated heterocycles. The third-order valence-electron chi connectivity index (χ3n) is 11.2. The summed E-state index contributed by atoms with van der Waals surface area (Å²) < 4.78 is 61.6. The van der Waals surface area contributed by atoms with Crippen LogP contribution in [0.4, 0.5) is 24.7 Å². The van der Waals surface area contributed by atoms with Crippen LogP contribution in [0.5, 0.6) is 11.5 Å².